The van der Waals surface area contributed by atoms with E-state index in [2.05, 4.69) is 28.9 Å². The van der Waals surface area contributed by atoms with E-state index in [9.17, 15) is 0 Å². The fourth-order valence-corrected chi connectivity index (χ4v) is 1.68. The zero-order valence-electron chi connectivity index (χ0n) is 10.7. The Balaban J connectivity index is 2.71. The smallest absolute Gasteiger partial charge is 0.205 e. The van der Waals surface area contributed by atoms with Crippen LogP contribution in [0, 0.1) is 5.92 Å². The van der Waals surface area contributed by atoms with Gasteiger partial charge in [0.25, 0.3) is 0 Å². The first kappa shape index (κ1) is 13.3. The monoisotopic (exact) mass is 239 g/mol. The third-order valence-electron chi connectivity index (χ3n) is 2.43. The van der Waals surface area contributed by atoms with Crippen LogP contribution in [0.25, 0.3) is 0 Å². The van der Waals surface area contributed by atoms with E-state index in [-0.39, 0.29) is 5.84 Å². The number of hydrogen-bond donors (Lipinski definition) is 2. The second kappa shape index (κ2) is 6.12. The highest BCUT2D eigenvalue weighted by Crippen LogP contribution is 2.12. The van der Waals surface area contributed by atoms with Crippen LogP contribution < -0.4 is 10.6 Å². The SMILES string of the molecule is CC(C)CN(CCC(N)=NO)c1nccn1C. The molecule has 1 aromatic rings. The van der Waals surface area contributed by atoms with Gasteiger partial charge in [-0.2, -0.15) is 0 Å². The minimum absolute atomic E-state index is 0.243. The van der Waals surface area contributed by atoms with Crippen LogP contribution in [0.15, 0.2) is 17.5 Å². The quantitative estimate of drug-likeness (QED) is 0.336. The Morgan fingerprint density at radius 3 is 2.82 bits per heavy atom. The lowest BCUT2D eigenvalue weighted by Crippen LogP contribution is -2.33. The highest BCUT2D eigenvalue weighted by atomic mass is 16.4. The van der Waals surface area contributed by atoms with Gasteiger partial charge in [0.15, 0.2) is 0 Å². The predicted octanol–water partition coefficient (Wildman–Crippen LogP) is 1.02. The van der Waals surface area contributed by atoms with Gasteiger partial charge < -0.3 is 20.4 Å². The molecule has 0 saturated carbocycles. The minimum atomic E-state index is 0.243. The minimum Gasteiger partial charge on any atom is -0.409 e. The maximum absolute atomic E-state index is 8.54. The Kier molecular flexibility index (Phi) is 4.81. The Labute approximate surface area is 102 Å². The topological polar surface area (TPSA) is 79.7 Å². The Hall–Kier alpha value is -1.72. The third-order valence-corrected chi connectivity index (χ3v) is 2.43. The van der Waals surface area contributed by atoms with E-state index < -0.39 is 0 Å². The van der Waals surface area contributed by atoms with Gasteiger partial charge in [-0.1, -0.05) is 19.0 Å². The van der Waals surface area contributed by atoms with Crippen molar-refractivity contribution in [3.63, 3.8) is 0 Å². The lowest BCUT2D eigenvalue weighted by Gasteiger charge is -2.25. The summed E-state index contributed by atoms with van der Waals surface area (Å²) in [7, 11) is 1.96. The normalized spacial score (nSPS) is 12.1. The summed E-state index contributed by atoms with van der Waals surface area (Å²) < 4.78 is 1.97. The number of amidine groups is 1. The molecule has 6 heteroatoms. The Morgan fingerprint density at radius 2 is 2.35 bits per heavy atom. The van der Waals surface area contributed by atoms with Crippen molar-refractivity contribution in [2.45, 2.75) is 20.3 Å². The van der Waals surface area contributed by atoms with Crippen molar-refractivity contribution < 1.29 is 5.21 Å². The van der Waals surface area contributed by atoms with Gasteiger partial charge in [-0.3, -0.25) is 0 Å². The zero-order valence-corrected chi connectivity index (χ0v) is 10.7. The van der Waals surface area contributed by atoms with Crippen LogP contribution in [-0.4, -0.2) is 33.7 Å². The van der Waals surface area contributed by atoms with Crippen LogP contribution in [0.5, 0.6) is 0 Å². The number of rotatable bonds is 6. The highest BCUT2D eigenvalue weighted by molar-refractivity contribution is 5.80. The average Bonchev–Trinajstić information content (AvgIpc) is 2.69. The first-order valence-electron chi connectivity index (χ1n) is 5.73. The van der Waals surface area contributed by atoms with Gasteiger partial charge in [0, 0.05) is 39.0 Å². The molecule has 17 heavy (non-hydrogen) atoms. The third kappa shape index (κ3) is 3.97. The van der Waals surface area contributed by atoms with Crippen molar-refractivity contribution in [2.75, 3.05) is 18.0 Å². The molecule has 0 unspecified atom stereocenters. The molecule has 0 atom stereocenters. The molecule has 1 heterocycles. The van der Waals surface area contributed by atoms with Crippen LogP contribution in [-0.2, 0) is 7.05 Å². The van der Waals surface area contributed by atoms with Gasteiger partial charge in [-0.05, 0) is 5.92 Å². The molecule has 0 aliphatic heterocycles. The van der Waals surface area contributed by atoms with Crippen molar-refractivity contribution in [1.82, 2.24) is 9.55 Å². The van der Waals surface area contributed by atoms with Gasteiger partial charge in [-0.25, -0.2) is 4.98 Å². The lowest BCUT2D eigenvalue weighted by molar-refractivity contribution is 0.317. The summed E-state index contributed by atoms with van der Waals surface area (Å²) in [5.74, 6) is 1.68. The molecular formula is C11H21N5O. The van der Waals surface area contributed by atoms with Gasteiger partial charge >= 0.3 is 0 Å². The molecule has 0 amide bonds. The van der Waals surface area contributed by atoms with Crippen molar-refractivity contribution in [2.24, 2.45) is 23.9 Å². The van der Waals surface area contributed by atoms with Crippen molar-refractivity contribution in [3.8, 4) is 0 Å². The molecule has 0 aliphatic rings. The first-order valence-corrected chi connectivity index (χ1v) is 5.73. The number of nitrogens with two attached hydrogens (primary N) is 1. The maximum atomic E-state index is 8.54. The average molecular weight is 239 g/mol. The van der Waals surface area contributed by atoms with E-state index in [0.717, 1.165) is 12.5 Å². The van der Waals surface area contributed by atoms with E-state index in [1.165, 1.54) is 0 Å². The van der Waals surface area contributed by atoms with Gasteiger partial charge in [0.05, 0.1) is 0 Å². The molecule has 6 nitrogen and oxygen atoms in total. The fourth-order valence-electron chi connectivity index (χ4n) is 1.68. The largest absolute Gasteiger partial charge is 0.409 e. The van der Waals surface area contributed by atoms with E-state index in [0.29, 0.717) is 18.9 Å². The molecule has 0 fully saturated rings. The second-order valence-electron chi connectivity index (χ2n) is 4.52. The second-order valence-corrected chi connectivity index (χ2v) is 4.52. The summed E-state index contributed by atoms with van der Waals surface area (Å²) in [5.41, 5.74) is 5.49. The Bertz CT molecular complexity index is 372. The van der Waals surface area contributed by atoms with Gasteiger partial charge in [-0.15, -0.1) is 0 Å². The lowest BCUT2D eigenvalue weighted by atomic mass is 10.2. The van der Waals surface area contributed by atoms with Crippen LogP contribution in [0.4, 0.5) is 5.95 Å². The molecule has 1 aromatic heterocycles. The molecule has 0 bridgehead atoms. The van der Waals surface area contributed by atoms with Crippen LogP contribution in [0.2, 0.25) is 0 Å². The summed E-state index contributed by atoms with van der Waals surface area (Å²) in [5, 5.41) is 11.5. The van der Waals surface area contributed by atoms with Gasteiger partial charge in [0.1, 0.15) is 5.84 Å². The predicted molar refractivity (Wildman–Crippen MR) is 68.3 cm³/mol. The summed E-state index contributed by atoms with van der Waals surface area (Å²) in [6.45, 7) is 5.89. The number of oxime groups is 1. The molecule has 0 saturated heterocycles. The highest BCUT2D eigenvalue weighted by Gasteiger charge is 2.13. The number of aryl methyl sites for hydroxylation is 1. The zero-order chi connectivity index (χ0) is 12.8. The molecular weight excluding hydrogens is 218 g/mol. The van der Waals surface area contributed by atoms with Crippen LogP contribution in [0.3, 0.4) is 0 Å². The number of imidazole rings is 1. The summed E-state index contributed by atoms with van der Waals surface area (Å²) in [6, 6.07) is 0. The van der Waals surface area contributed by atoms with E-state index in [1.807, 2.05) is 17.8 Å². The van der Waals surface area contributed by atoms with Crippen molar-refractivity contribution in [1.29, 1.82) is 0 Å². The summed E-state index contributed by atoms with van der Waals surface area (Å²) in [4.78, 5) is 6.46. The number of anilines is 1. The van der Waals surface area contributed by atoms with Crippen molar-refractivity contribution >= 4 is 11.8 Å². The number of hydrogen-bond acceptors (Lipinski definition) is 4. The molecule has 96 valence electrons. The van der Waals surface area contributed by atoms with Crippen LogP contribution >= 0.6 is 0 Å². The number of aromatic nitrogens is 2. The van der Waals surface area contributed by atoms with Crippen LogP contribution in [0.1, 0.15) is 20.3 Å². The van der Waals surface area contributed by atoms with E-state index in [4.69, 9.17) is 10.9 Å². The maximum Gasteiger partial charge on any atom is 0.205 e. The summed E-state index contributed by atoms with van der Waals surface area (Å²) in [6.07, 6.45) is 4.20. The molecule has 0 aliphatic carbocycles. The molecule has 1 rings (SSSR count). The molecule has 3 N–H and O–H groups in total. The first-order chi connectivity index (χ1) is 8.04. The van der Waals surface area contributed by atoms with Crippen molar-refractivity contribution in [3.05, 3.63) is 12.4 Å². The van der Waals surface area contributed by atoms with E-state index >= 15 is 0 Å². The van der Waals surface area contributed by atoms with Gasteiger partial charge in [0.2, 0.25) is 5.95 Å². The molecule has 0 aromatic carbocycles. The Morgan fingerprint density at radius 1 is 1.65 bits per heavy atom. The number of nitrogens with zero attached hydrogens (tertiary/aromatic N) is 4. The summed E-state index contributed by atoms with van der Waals surface area (Å²) >= 11 is 0. The standard InChI is InChI=1S/C11H21N5O/c1-9(2)8-16(6-4-10(12)14-17)11-13-5-7-15(11)3/h5,7,9,17H,4,6,8H2,1-3H3,(H2,12,14). The fraction of sp³-hybridized carbons (Fsp3) is 0.636. The molecule has 0 radical (unpaired) electrons. The molecule has 0 spiro atoms. The van der Waals surface area contributed by atoms with E-state index in [1.54, 1.807) is 6.20 Å².